The van der Waals surface area contributed by atoms with Gasteiger partial charge in [0.15, 0.2) is 0 Å². The lowest BCUT2D eigenvalue weighted by molar-refractivity contribution is -0.917. The number of hydrogen-bond donors (Lipinski definition) is 0. The van der Waals surface area contributed by atoms with Gasteiger partial charge in [-0.25, -0.2) is 0 Å². The van der Waals surface area contributed by atoms with E-state index in [2.05, 4.69) is 49.4 Å². The van der Waals surface area contributed by atoms with Crippen LogP contribution in [-0.2, 0) is 0 Å². The van der Waals surface area contributed by atoms with E-state index in [0.29, 0.717) is 0 Å². The van der Waals surface area contributed by atoms with Gasteiger partial charge in [0.25, 0.3) is 0 Å². The van der Waals surface area contributed by atoms with E-state index >= 15 is 0 Å². The second-order valence-corrected chi connectivity index (χ2v) is 6.65. The molecule has 118 valence electrons. The first-order valence-electron chi connectivity index (χ1n) is 8.78. The van der Waals surface area contributed by atoms with Crippen molar-refractivity contribution in [3.63, 3.8) is 0 Å². The van der Waals surface area contributed by atoms with Crippen molar-refractivity contribution in [2.24, 2.45) is 0 Å². The zero-order valence-corrected chi connectivity index (χ0v) is 13.8. The van der Waals surface area contributed by atoms with Gasteiger partial charge in [0, 0.05) is 12.8 Å². The summed E-state index contributed by atoms with van der Waals surface area (Å²) >= 11 is 0. The van der Waals surface area contributed by atoms with Crippen LogP contribution in [0.1, 0.15) is 32.6 Å². The molecule has 1 aliphatic heterocycles. The van der Waals surface area contributed by atoms with Crippen LogP contribution < -0.4 is 4.74 Å². The Morgan fingerprint density at radius 2 is 1.73 bits per heavy atom. The maximum Gasteiger partial charge on any atom is 0.137 e. The highest BCUT2D eigenvalue weighted by Gasteiger charge is 2.30. The largest absolute Gasteiger partial charge is 0.488 e. The molecule has 2 nitrogen and oxygen atoms in total. The van der Waals surface area contributed by atoms with E-state index in [0.717, 1.165) is 18.9 Å². The third-order valence-electron chi connectivity index (χ3n) is 5.06. The zero-order valence-electron chi connectivity index (χ0n) is 13.8. The Morgan fingerprint density at radius 1 is 0.955 bits per heavy atom. The van der Waals surface area contributed by atoms with Crippen LogP contribution >= 0.6 is 0 Å². The molecule has 2 aromatic carbocycles. The molecule has 0 N–H and O–H groups in total. The summed E-state index contributed by atoms with van der Waals surface area (Å²) in [6, 6.07) is 14.9. The number of rotatable bonds is 7. The average molecular weight is 298 g/mol. The maximum absolute atomic E-state index is 6.07. The van der Waals surface area contributed by atoms with E-state index in [1.807, 2.05) is 0 Å². The molecule has 0 aliphatic carbocycles. The van der Waals surface area contributed by atoms with E-state index in [1.165, 1.54) is 60.6 Å². The quantitative estimate of drug-likeness (QED) is 0.677. The van der Waals surface area contributed by atoms with Crippen molar-refractivity contribution >= 4 is 10.8 Å². The summed E-state index contributed by atoms with van der Waals surface area (Å²) in [6.07, 6.45) is 5.42. The molecule has 0 amide bonds. The first-order chi connectivity index (χ1) is 10.8. The van der Waals surface area contributed by atoms with Gasteiger partial charge in [0.05, 0.1) is 19.6 Å². The summed E-state index contributed by atoms with van der Waals surface area (Å²) in [5.74, 6) is 1.01. The fraction of sp³-hybridized carbons (Fsp3) is 0.500. The fourth-order valence-corrected chi connectivity index (χ4v) is 3.67. The summed E-state index contributed by atoms with van der Waals surface area (Å²) in [7, 11) is 0. The van der Waals surface area contributed by atoms with Crippen LogP contribution in [0.2, 0.25) is 0 Å². The second kappa shape index (κ2) is 7.15. The van der Waals surface area contributed by atoms with E-state index in [9.17, 15) is 0 Å². The summed E-state index contributed by atoms with van der Waals surface area (Å²) in [4.78, 5) is 0. The van der Waals surface area contributed by atoms with Crippen LogP contribution in [0.25, 0.3) is 10.8 Å². The lowest BCUT2D eigenvalue weighted by atomic mass is 10.1. The van der Waals surface area contributed by atoms with Gasteiger partial charge in [-0.3, -0.25) is 0 Å². The fourth-order valence-electron chi connectivity index (χ4n) is 3.67. The minimum Gasteiger partial charge on any atom is -0.488 e. The Bertz CT molecular complexity index is 601. The maximum atomic E-state index is 6.07. The number of unbranched alkanes of at least 4 members (excludes halogenated alkanes) is 1. The van der Waals surface area contributed by atoms with Crippen molar-refractivity contribution in [1.29, 1.82) is 0 Å². The molecule has 2 aromatic rings. The summed E-state index contributed by atoms with van der Waals surface area (Å²) in [5.41, 5.74) is 0. The number of benzene rings is 2. The highest BCUT2D eigenvalue weighted by molar-refractivity contribution is 5.83. The van der Waals surface area contributed by atoms with E-state index in [-0.39, 0.29) is 0 Å². The molecule has 1 fully saturated rings. The normalized spacial score (nSPS) is 17.0. The summed E-state index contributed by atoms with van der Waals surface area (Å²) < 4.78 is 7.34. The topological polar surface area (TPSA) is 9.23 Å². The minimum absolute atomic E-state index is 0.835. The van der Waals surface area contributed by atoms with Crippen LogP contribution in [0.3, 0.4) is 0 Å². The lowest BCUT2D eigenvalue weighted by Gasteiger charge is -2.34. The van der Waals surface area contributed by atoms with Crippen molar-refractivity contribution in [2.75, 3.05) is 32.8 Å². The van der Waals surface area contributed by atoms with Gasteiger partial charge in [0.1, 0.15) is 18.9 Å². The summed E-state index contributed by atoms with van der Waals surface area (Å²) in [5, 5.41) is 2.54. The molecule has 0 unspecified atom stereocenters. The highest BCUT2D eigenvalue weighted by Crippen LogP contribution is 2.23. The predicted octanol–water partition coefficient (Wildman–Crippen LogP) is 4.63. The molecule has 0 atom stereocenters. The molecule has 3 rings (SSSR count). The highest BCUT2D eigenvalue weighted by atomic mass is 16.5. The Kier molecular flexibility index (Phi) is 4.99. The van der Waals surface area contributed by atoms with Gasteiger partial charge in [-0.15, -0.1) is 0 Å². The van der Waals surface area contributed by atoms with E-state index < -0.39 is 0 Å². The Balaban J connectivity index is 1.58. The number of fused-ring (bicyclic) bond motifs is 1. The Morgan fingerprint density at radius 3 is 2.50 bits per heavy atom. The number of likely N-dealkylation sites (tertiary alicyclic amines) is 1. The lowest BCUT2D eigenvalue weighted by Crippen LogP contribution is -2.48. The molecular weight excluding hydrogens is 270 g/mol. The molecule has 2 heteroatoms. The van der Waals surface area contributed by atoms with Crippen LogP contribution in [0, 0.1) is 0 Å². The number of hydrogen-bond acceptors (Lipinski definition) is 1. The molecule has 1 aliphatic rings. The van der Waals surface area contributed by atoms with Crippen LogP contribution in [0.15, 0.2) is 42.5 Å². The third kappa shape index (κ3) is 3.61. The molecular formula is C20H28NO+. The zero-order chi connectivity index (χ0) is 15.3. The van der Waals surface area contributed by atoms with Gasteiger partial charge >= 0.3 is 0 Å². The van der Waals surface area contributed by atoms with E-state index in [1.54, 1.807) is 0 Å². The molecule has 22 heavy (non-hydrogen) atoms. The van der Waals surface area contributed by atoms with Crippen molar-refractivity contribution in [3.8, 4) is 5.75 Å². The van der Waals surface area contributed by atoms with Crippen molar-refractivity contribution in [1.82, 2.24) is 0 Å². The molecule has 0 radical (unpaired) electrons. The molecule has 1 saturated heterocycles. The van der Waals surface area contributed by atoms with Crippen molar-refractivity contribution in [2.45, 2.75) is 32.6 Å². The molecule has 0 spiro atoms. The van der Waals surface area contributed by atoms with Gasteiger partial charge in [-0.05, 0) is 29.3 Å². The van der Waals surface area contributed by atoms with E-state index in [4.69, 9.17) is 4.74 Å². The van der Waals surface area contributed by atoms with Gasteiger partial charge in [0.2, 0.25) is 0 Å². The minimum atomic E-state index is 0.835. The van der Waals surface area contributed by atoms with Crippen molar-refractivity contribution in [3.05, 3.63) is 42.5 Å². The average Bonchev–Trinajstić information content (AvgIpc) is 3.02. The van der Waals surface area contributed by atoms with Crippen molar-refractivity contribution < 1.29 is 9.22 Å². The standard InChI is InChI=1S/C20H28NO/c1-2-3-12-21(13-6-7-14-21)15-16-22-20-11-10-18-8-4-5-9-19(18)17-20/h4-5,8-11,17H,2-3,6-7,12-16H2,1H3/q+1. The van der Waals surface area contributed by atoms with Gasteiger partial charge < -0.3 is 9.22 Å². The van der Waals surface area contributed by atoms with Gasteiger partial charge in [-0.1, -0.05) is 43.7 Å². The molecule has 1 heterocycles. The number of nitrogens with zero attached hydrogens (tertiary/aromatic N) is 1. The first kappa shape index (κ1) is 15.4. The van der Waals surface area contributed by atoms with Gasteiger partial charge in [-0.2, -0.15) is 0 Å². The smallest absolute Gasteiger partial charge is 0.137 e. The first-order valence-corrected chi connectivity index (χ1v) is 8.78. The van der Waals surface area contributed by atoms with Crippen LogP contribution in [0.5, 0.6) is 5.75 Å². The Hall–Kier alpha value is -1.54. The summed E-state index contributed by atoms with van der Waals surface area (Å²) in [6.45, 7) is 8.31. The third-order valence-corrected chi connectivity index (χ3v) is 5.06. The second-order valence-electron chi connectivity index (χ2n) is 6.65. The SMILES string of the molecule is CCCC[N+]1(CCOc2ccc3ccccc3c2)CCCC1. The number of ether oxygens (including phenoxy) is 1. The number of quaternary nitrogens is 1. The van der Waals surface area contributed by atoms with Crippen LogP contribution in [0.4, 0.5) is 0 Å². The van der Waals surface area contributed by atoms with Crippen LogP contribution in [-0.4, -0.2) is 37.3 Å². The predicted molar refractivity (Wildman–Crippen MR) is 93.3 cm³/mol. The molecule has 0 saturated carbocycles. The molecule has 0 bridgehead atoms. The Labute approximate surface area is 134 Å². The monoisotopic (exact) mass is 298 g/mol. The molecule has 0 aromatic heterocycles.